The van der Waals surface area contributed by atoms with Crippen molar-refractivity contribution in [1.82, 2.24) is 9.80 Å². The van der Waals surface area contributed by atoms with Gasteiger partial charge >= 0.3 is 0 Å². The summed E-state index contributed by atoms with van der Waals surface area (Å²) in [6.45, 7) is 12.8. The summed E-state index contributed by atoms with van der Waals surface area (Å²) >= 11 is 0. The third kappa shape index (κ3) is 5.43. The lowest BCUT2D eigenvalue weighted by atomic mass is 9.85. The van der Waals surface area contributed by atoms with E-state index in [1.807, 2.05) is 38.1 Å². The van der Waals surface area contributed by atoms with E-state index in [1.165, 1.54) is 29.2 Å². The number of Topliss-reactive ketones (excluding diaryl/α,β-unsaturated/α-hetero) is 1. The summed E-state index contributed by atoms with van der Waals surface area (Å²) in [6, 6.07) is 12.3. The smallest absolute Gasteiger partial charge is 0.295 e. The van der Waals surface area contributed by atoms with Crippen molar-refractivity contribution in [2.45, 2.75) is 46.1 Å². The Morgan fingerprint density at radius 1 is 1.09 bits per heavy atom. The topological polar surface area (TPSA) is 104 Å². The first-order valence-electron chi connectivity index (χ1n) is 11.9. The Morgan fingerprint density at radius 2 is 1.71 bits per heavy atom. The minimum atomic E-state index is -0.793. The lowest BCUT2D eigenvalue weighted by Crippen LogP contribution is -2.38. The van der Waals surface area contributed by atoms with Gasteiger partial charge in [0.05, 0.1) is 16.5 Å². The zero-order valence-electron chi connectivity index (χ0n) is 20.9. The molecule has 1 N–H and O–H groups in total. The fraction of sp³-hybridized carbons (Fsp3) is 0.407. The largest absolute Gasteiger partial charge is 0.507 e. The van der Waals surface area contributed by atoms with E-state index in [0.29, 0.717) is 18.7 Å². The van der Waals surface area contributed by atoms with Crippen molar-refractivity contribution >= 4 is 23.1 Å². The molecule has 1 amide bonds. The van der Waals surface area contributed by atoms with Crippen molar-refractivity contribution in [3.8, 4) is 0 Å². The van der Waals surface area contributed by atoms with Gasteiger partial charge in [0, 0.05) is 30.8 Å². The van der Waals surface area contributed by atoms with Gasteiger partial charge in [-0.25, -0.2) is 0 Å². The Balaban J connectivity index is 2.14. The Hall–Kier alpha value is -3.52. The van der Waals surface area contributed by atoms with Crippen LogP contribution in [0.2, 0.25) is 0 Å². The number of nitro groups is 1. The number of likely N-dealkylation sites (tertiary alicyclic amines) is 1. The Labute approximate surface area is 206 Å². The van der Waals surface area contributed by atoms with Crippen LogP contribution in [-0.2, 0) is 15.0 Å². The zero-order valence-corrected chi connectivity index (χ0v) is 20.9. The summed E-state index contributed by atoms with van der Waals surface area (Å²) in [5.41, 5.74) is 1.57. The molecule has 0 saturated carbocycles. The Bertz CT molecular complexity index is 1140. The van der Waals surface area contributed by atoms with Crippen molar-refractivity contribution in [1.29, 1.82) is 0 Å². The van der Waals surface area contributed by atoms with Gasteiger partial charge in [0.15, 0.2) is 0 Å². The van der Waals surface area contributed by atoms with E-state index in [4.69, 9.17) is 0 Å². The maximum Gasteiger partial charge on any atom is 0.295 e. The van der Waals surface area contributed by atoms with E-state index in [0.717, 1.165) is 18.7 Å². The maximum absolute atomic E-state index is 13.2. The van der Waals surface area contributed by atoms with Crippen LogP contribution in [0, 0.1) is 10.1 Å². The predicted octanol–water partition coefficient (Wildman–Crippen LogP) is 4.66. The molecule has 8 heteroatoms. The molecular weight excluding hydrogens is 446 g/mol. The lowest BCUT2D eigenvalue weighted by molar-refractivity contribution is -0.384. The number of non-ortho nitro benzene ring substituents is 1. The molecule has 2 aromatic rings. The van der Waals surface area contributed by atoms with E-state index in [-0.39, 0.29) is 22.2 Å². The van der Waals surface area contributed by atoms with Gasteiger partial charge < -0.3 is 14.9 Å². The Morgan fingerprint density at radius 3 is 2.26 bits per heavy atom. The van der Waals surface area contributed by atoms with Crippen LogP contribution in [0.25, 0.3) is 5.76 Å². The molecule has 0 aromatic heterocycles. The summed E-state index contributed by atoms with van der Waals surface area (Å²) in [7, 11) is 0. The molecule has 0 radical (unpaired) electrons. The molecule has 0 bridgehead atoms. The van der Waals surface area contributed by atoms with Crippen LogP contribution in [0.15, 0.2) is 54.1 Å². The van der Waals surface area contributed by atoms with Crippen LogP contribution in [0.5, 0.6) is 0 Å². The predicted molar refractivity (Wildman–Crippen MR) is 135 cm³/mol. The third-order valence-electron chi connectivity index (χ3n) is 6.51. The van der Waals surface area contributed by atoms with Crippen LogP contribution in [-0.4, -0.2) is 57.7 Å². The third-order valence-corrected chi connectivity index (χ3v) is 6.51. The summed E-state index contributed by atoms with van der Waals surface area (Å²) < 4.78 is 0. The average molecular weight is 480 g/mol. The van der Waals surface area contributed by atoms with Crippen molar-refractivity contribution in [3.05, 3.63) is 80.9 Å². The number of likely N-dealkylation sites (N-methyl/N-ethyl adjacent to an activating group) is 1. The maximum atomic E-state index is 13.2. The SMILES string of the molecule is CCN(CC)CCN1C(=O)C(=O)/C(=C(\O)c2cccc([N+](=O)[O-])c2)C1c1ccc(C(C)(C)C)cc1. The number of aliphatic hydroxyl groups is 1. The first-order chi connectivity index (χ1) is 16.5. The van der Waals surface area contributed by atoms with E-state index in [2.05, 4.69) is 25.7 Å². The number of benzene rings is 2. The van der Waals surface area contributed by atoms with Gasteiger partial charge in [-0.1, -0.05) is 71.0 Å². The molecule has 1 atom stereocenters. The number of nitro benzene ring substituents is 1. The second-order valence-electron chi connectivity index (χ2n) is 9.70. The first-order valence-corrected chi connectivity index (χ1v) is 11.9. The van der Waals surface area contributed by atoms with Crippen LogP contribution >= 0.6 is 0 Å². The normalized spacial score (nSPS) is 17.9. The average Bonchev–Trinajstić information content (AvgIpc) is 3.08. The zero-order chi connectivity index (χ0) is 25.9. The van der Waals surface area contributed by atoms with E-state index < -0.39 is 28.4 Å². The molecule has 0 spiro atoms. The van der Waals surface area contributed by atoms with Crippen LogP contribution in [0.4, 0.5) is 5.69 Å². The number of carbonyl (C=O) groups is 2. The number of rotatable bonds is 8. The molecule has 3 rings (SSSR count). The fourth-order valence-corrected chi connectivity index (χ4v) is 4.33. The molecule has 35 heavy (non-hydrogen) atoms. The summed E-state index contributed by atoms with van der Waals surface area (Å²) in [5, 5.41) is 22.4. The van der Waals surface area contributed by atoms with E-state index in [1.54, 1.807) is 0 Å². The van der Waals surface area contributed by atoms with Gasteiger partial charge in [-0.05, 0) is 29.6 Å². The van der Waals surface area contributed by atoms with Gasteiger partial charge in [-0.15, -0.1) is 0 Å². The number of nitrogens with zero attached hydrogens (tertiary/aromatic N) is 3. The van der Waals surface area contributed by atoms with Crippen molar-refractivity contribution < 1.29 is 19.6 Å². The number of hydrogen-bond acceptors (Lipinski definition) is 6. The molecule has 1 fully saturated rings. The second kappa shape index (κ2) is 10.4. The Kier molecular flexibility index (Phi) is 7.75. The van der Waals surface area contributed by atoms with E-state index >= 15 is 0 Å². The van der Waals surface area contributed by atoms with Crippen molar-refractivity contribution in [3.63, 3.8) is 0 Å². The van der Waals surface area contributed by atoms with Gasteiger partial charge in [0.25, 0.3) is 17.4 Å². The quantitative estimate of drug-likeness (QED) is 0.194. The van der Waals surface area contributed by atoms with Gasteiger partial charge in [0.1, 0.15) is 5.76 Å². The molecule has 1 unspecified atom stereocenters. The highest BCUT2D eigenvalue weighted by atomic mass is 16.6. The van der Waals surface area contributed by atoms with Crippen LogP contribution in [0.3, 0.4) is 0 Å². The number of aliphatic hydroxyl groups excluding tert-OH is 1. The molecule has 1 heterocycles. The monoisotopic (exact) mass is 479 g/mol. The molecule has 0 aliphatic carbocycles. The van der Waals surface area contributed by atoms with Crippen LogP contribution < -0.4 is 0 Å². The molecule has 1 saturated heterocycles. The molecule has 186 valence electrons. The van der Waals surface area contributed by atoms with Crippen molar-refractivity contribution in [2.75, 3.05) is 26.2 Å². The highest BCUT2D eigenvalue weighted by Gasteiger charge is 2.46. The second-order valence-corrected chi connectivity index (χ2v) is 9.70. The van der Waals surface area contributed by atoms with Gasteiger partial charge in [-0.3, -0.25) is 19.7 Å². The number of amides is 1. The molecule has 2 aromatic carbocycles. The van der Waals surface area contributed by atoms with Gasteiger partial charge in [0.2, 0.25) is 0 Å². The summed E-state index contributed by atoms with van der Waals surface area (Å²) in [6.07, 6.45) is 0. The number of carbonyl (C=O) groups excluding carboxylic acids is 2. The van der Waals surface area contributed by atoms with Crippen molar-refractivity contribution in [2.24, 2.45) is 0 Å². The molecular formula is C27H33N3O5. The summed E-state index contributed by atoms with van der Waals surface area (Å²) in [5.74, 6) is -1.89. The first kappa shape index (κ1) is 26.1. The van der Waals surface area contributed by atoms with Crippen LogP contribution in [0.1, 0.15) is 57.4 Å². The molecule has 1 aliphatic rings. The minimum absolute atomic E-state index is 0.0569. The fourth-order valence-electron chi connectivity index (χ4n) is 4.33. The summed E-state index contributed by atoms with van der Waals surface area (Å²) in [4.78, 5) is 40.6. The van der Waals surface area contributed by atoms with E-state index in [9.17, 15) is 24.8 Å². The lowest BCUT2D eigenvalue weighted by Gasteiger charge is -2.28. The highest BCUT2D eigenvalue weighted by molar-refractivity contribution is 6.46. The highest BCUT2D eigenvalue weighted by Crippen LogP contribution is 2.40. The number of hydrogen-bond donors (Lipinski definition) is 1. The molecule has 8 nitrogen and oxygen atoms in total. The van der Waals surface area contributed by atoms with Gasteiger partial charge in [-0.2, -0.15) is 0 Å². The molecule has 1 aliphatic heterocycles. The number of ketones is 1. The minimum Gasteiger partial charge on any atom is -0.507 e. The standard InChI is InChI=1S/C27H33N3O5/c1-6-28(7-2)15-16-29-23(18-11-13-20(14-12-18)27(3,4)5)22(25(32)26(29)33)24(31)19-9-8-10-21(17-19)30(34)35/h8-14,17,23,31H,6-7,15-16H2,1-5H3/b24-22-.